The molecule has 144 valence electrons. The standard InChI is InChI=1S/C23H19N3O3/c24-11-13-28-17-14-20(29-12-10-16-6-2-1-3-7-16)22-21(23(25)27)18-8-4-5-9-19(18)26(22)15-17/h1-9,14-15H,10,12-13H2,(H2,25,27). The molecule has 6 nitrogen and oxygen atoms in total. The molecule has 0 aliphatic carbocycles. The average molecular weight is 385 g/mol. The normalized spacial score (nSPS) is 10.7. The molecule has 4 rings (SSSR count). The van der Waals surface area contributed by atoms with E-state index in [0.29, 0.717) is 35.6 Å². The predicted octanol–water partition coefficient (Wildman–Crippen LogP) is 3.72. The third-order valence-electron chi connectivity index (χ3n) is 4.71. The van der Waals surface area contributed by atoms with E-state index in [-0.39, 0.29) is 6.61 Å². The first-order valence-electron chi connectivity index (χ1n) is 9.22. The number of carbonyl (C=O) groups is 1. The zero-order chi connectivity index (χ0) is 20.2. The monoisotopic (exact) mass is 385 g/mol. The largest absolute Gasteiger partial charge is 0.491 e. The molecule has 0 atom stereocenters. The van der Waals surface area contributed by atoms with Crippen LogP contribution in [0, 0.1) is 11.3 Å². The number of nitrogens with zero attached hydrogens (tertiary/aromatic N) is 2. The van der Waals surface area contributed by atoms with Crippen LogP contribution in [-0.2, 0) is 6.42 Å². The van der Waals surface area contributed by atoms with Gasteiger partial charge in [0.2, 0.25) is 0 Å². The van der Waals surface area contributed by atoms with Crippen LogP contribution < -0.4 is 15.2 Å². The summed E-state index contributed by atoms with van der Waals surface area (Å²) in [4.78, 5) is 12.3. The Morgan fingerprint density at radius 2 is 1.83 bits per heavy atom. The Bertz CT molecular complexity index is 1220. The Balaban J connectivity index is 1.81. The number of rotatable bonds is 7. The number of pyridine rings is 1. The fourth-order valence-corrected chi connectivity index (χ4v) is 3.48. The molecule has 29 heavy (non-hydrogen) atoms. The fourth-order valence-electron chi connectivity index (χ4n) is 3.48. The summed E-state index contributed by atoms with van der Waals surface area (Å²) in [5.74, 6) is 0.439. The van der Waals surface area contributed by atoms with E-state index in [2.05, 4.69) is 0 Å². The Labute approximate surface area is 167 Å². The summed E-state index contributed by atoms with van der Waals surface area (Å²) >= 11 is 0. The Morgan fingerprint density at radius 1 is 1.07 bits per heavy atom. The van der Waals surface area contributed by atoms with Crippen molar-refractivity contribution in [2.45, 2.75) is 6.42 Å². The molecule has 0 aliphatic heterocycles. The minimum Gasteiger partial charge on any atom is -0.491 e. The van der Waals surface area contributed by atoms with Crippen molar-refractivity contribution < 1.29 is 14.3 Å². The highest BCUT2D eigenvalue weighted by atomic mass is 16.5. The number of fused-ring (bicyclic) bond motifs is 3. The van der Waals surface area contributed by atoms with E-state index in [4.69, 9.17) is 20.5 Å². The predicted molar refractivity (Wildman–Crippen MR) is 110 cm³/mol. The second-order valence-electron chi connectivity index (χ2n) is 6.55. The van der Waals surface area contributed by atoms with E-state index < -0.39 is 5.91 Å². The molecule has 6 heteroatoms. The zero-order valence-electron chi connectivity index (χ0n) is 15.7. The molecule has 1 amide bonds. The third kappa shape index (κ3) is 3.58. The average Bonchev–Trinajstić information content (AvgIpc) is 3.08. The maximum atomic E-state index is 12.3. The topological polar surface area (TPSA) is 89.8 Å². The summed E-state index contributed by atoms with van der Waals surface area (Å²) in [5.41, 5.74) is 8.67. The van der Waals surface area contributed by atoms with Crippen LogP contribution in [0.25, 0.3) is 16.4 Å². The number of para-hydroxylation sites is 1. The minimum absolute atomic E-state index is 0.0865. The molecule has 0 aliphatic rings. The van der Waals surface area contributed by atoms with Gasteiger partial charge in [0.25, 0.3) is 5.91 Å². The van der Waals surface area contributed by atoms with Crippen molar-refractivity contribution in [1.29, 1.82) is 5.26 Å². The summed E-state index contributed by atoms with van der Waals surface area (Å²) < 4.78 is 13.4. The summed E-state index contributed by atoms with van der Waals surface area (Å²) in [6.45, 7) is 0.331. The van der Waals surface area contributed by atoms with Crippen LogP contribution in [0.3, 0.4) is 0 Å². The number of hydrogen-bond acceptors (Lipinski definition) is 4. The number of aromatic nitrogens is 1. The molecule has 0 fully saturated rings. The van der Waals surface area contributed by atoms with Gasteiger partial charge in [0.05, 0.1) is 23.9 Å². The van der Waals surface area contributed by atoms with Crippen molar-refractivity contribution in [3.8, 4) is 17.6 Å². The van der Waals surface area contributed by atoms with Crippen molar-refractivity contribution in [1.82, 2.24) is 4.40 Å². The Morgan fingerprint density at radius 3 is 2.59 bits per heavy atom. The van der Waals surface area contributed by atoms with Gasteiger partial charge in [0.1, 0.15) is 23.1 Å². The summed E-state index contributed by atoms with van der Waals surface area (Å²) in [6.07, 6.45) is 2.45. The first-order valence-corrected chi connectivity index (χ1v) is 9.22. The molecule has 2 heterocycles. The molecular formula is C23H19N3O3. The molecular weight excluding hydrogens is 366 g/mol. The number of benzene rings is 2. The summed E-state index contributed by atoms with van der Waals surface area (Å²) in [5, 5.41) is 9.59. The van der Waals surface area contributed by atoms with Gasteiger partial charge in [-0.05, 0) is 11.6 Å². The van der Waals surface area contributed by atoms with Crippen LogP contribution in [0.5, 0.6) is 11.5 Å². The SMILES string of the molecule is N#CCOc1cc(OCCc2ccccc2)c2c(C(N)=O)c3ccccc3n2c1. The maximum absolute atomic E-state index is 12.3. The van der Waals surface area contributed by atoms with Crippen molar-refractivity contribution in [3.63, 3.8) is 0 Å². The lowest BCUT2D eigenvalue weighted by Crippen LogP contribution is -2.12. The smallest absolute Gasteiger partial charge is 0.251 e. The van der Waals surface area contributed by atoms with Crippen LogP contribution in [0.1, 0.15) is 15.9 Å². The molecule has 0 spiro atoms. The lowest BCUT2D eigenvalue weighted by atomic mass is 10.1. The number of ether oxygens (including phenoxy) is 2. The van der Waals surface area contributed by atoms with E-state index in [0.717, 1.165) is 16.5 Å². The van der Waals surface area contributed by atoms with Crippen molar-refractivity contribution >= 4 is 22.3 Å². The number of amides is 1. The first-order chi connectivity index (χ1) is 14.2. The highest BCUT2D eigenvalue weighted by molar-refractivity contribution is 6.14. The van der Waals surface area contributed by atoms with E-state index >= 15 is 0 Å². The molecule has 2 aromatic heterocycles. The number of carbonyl (C=O) groups excluding carboxylic acids is 1. The van der Waals surface area contributed by atoms with E-state index in [9.17, 15) is 4.79 Å². The van der Waals surface area contributed by atoms with Crippen molar-refractivity contribution in [2.75, 3.05) is 13.2 Å². The zero-order valence-corrected chi connectivity index (χ0v) is 15.7. The van der Waals surface area contributed by atoms with Gasteiger partial charge in [0, 0.05) is 17.9 Å². The number of nitrogens with two attached hydrogens (primary N) is 1. The quantitative estimate of drug-likeness (QED) is 0.525. The maximum Gasteiger partial charge on any atom is 0.251 e. The van der Waals surface area contributed by atoms with Gasteiger partial charge in [-0.25, -0.2) is 0 Å². The van der Waals surface area contributed by atoms with E-state index in [1.165, 1.54) is 0 Å². The second-order valence-corrected chi connectivity index (χ2v) is 6.55. The molecule has 0 radical (unpaired) electrons. The van der Waals surface area contributed by atoms with Crippen LogP contribution in [0.15, 0.2) is 66.9 Å². The van der Waals surface area contributed by atoms with Gasteiger partial charge in [-0.2, -0.15) is 5.26 Å². The summed E-state index contributed by atoms with van der Waals surface area (Å²) in [7, 11) is 0. The number of primary amides is 1. The van der Waals surface area contributed by atoms with Gasteiger partial charge in [-0.3, -0.25) is 4.79 Å². The highest BCUT2D eigenvalue weighted by Crippen LogP contribution is 2.35. The number of nitriles is 1. The molecule has 2 N–H and O–H groups in total. The number of hydrogen-bond donors (Lipinski definition) is 1. The lowest BCUT2D eigenvalue weighted by molar-refractivity contribution is 0.100. The molecule has 2 aromatic carbocycles. The van der Waals surface area contributed by atoms with E-state index in [1.807, 2.05) is 65.1 Å². The molecule has 0 saturated heterocycles. The van der Waals surface area contributed by atoms with Gasteiger partial charge >= 0.3 is 0 Å². The van der Waals surface area contributed by atoms with Gasteiger partial charge in [0.15, 0.2) is 6.61 Å². The van der Waals surface area contributed by atoms with E-state index in [1.54, 1.807) is 12.3 Å². The Hall–Kier alpha value is -3.98. The molecule has 0 unspecified atom stereocenters. The van der Waals surface area contributed by atoms with Gasteiger partial charge < -0.3 is 19.6 Å². The lowest BCUT2D eigenvalue weighted by Gasteiger charge is -2.12. The second kappa shape index (κ2) is 7.95. The molecule has 4 aromatic rings. The summed E-state index contributed by atoms with van der Waals surface area (Å²) in [6, 6.07) is 21.2. The van der Waals surface area contributed by atoms with Gasteiger partial charge in [-0.15, -0.1) is 0 Å². The van der Waals surface area contributed by atoms with Gasteiger partial charge in [-0.1, -0.05) is 48.5 Å². The molecule has 0 bridgehead atoms. The Kier molecular flexibility index (Phi) is 5.04. The fraction of sp³-hybridized carbons (Fsp3) is 0.130. The van der Waals surface area contributed by atoms with Crippen LogP contribution >= 0.6 is 0 Å². The highest BCUT2D eigenvalue weighted by Gasteiger charge is 2.21. The first kappa shape index (κ1) is 18.4. The third-order valence-corrected chi connectivity index (χ3v) is 4.71. The molecule has 0 saturated carbocycles. The van der Waals surface area contributed by atoms with Crippen LogP contribution in [-0.4, -0.2) is 23.5 Å². The van der Waals surface area contributed by atoms with Crippen LogP contribution in [0.2, 0.25) is 0 Å². The van der Waals surface area contributed by atoms with Crippen LogP contribution in [0.4, 0.5) is 0 Å². The van der Waals surface area contributed by atoms with Crippen molar-refractivity contribution in [3.05, 3.63) is 78.0 Å². The minimum atomic E-state index is -0.526. The van der Waals surface area contributed by atoms with Crippen molar-refractivity contribution in [2.24, 2.45) is 5.73 Å².